The van der Waals surface area contributed by atoms with Gasteiger partial charge in [0, 0.05) is 6.04 Å². The van der Waals surface area contributed by atoms with Crippen molar-refractivity contribution in [2.45, 2.75) is 31.7 Å². The van der Waals surface area contributed by atoms with Crippen LogP contribution in [0.5, 0.6) is 0 Å². The third-order valence-corrected chi connectivity index (χ3v) is 2.88. The molecule has 1 amide bonds. The third kappa shape index (κ3) is 1.31. The molecule has 2 rings (SSSR count). The van der Waals surface area contributed by atoms with E-state index in [1.807, 2.05) is 0 Å². The number of hydrogen-bond donors (Lipinski definition) is 2. The lowest BCUT2D eigenvalue weighted by atomic mass is 9.83. The highest BCUT2D eigenvalue weighted by Gasteiger charge is 2.35. The Morgan fingerprint density at radius 3 is 2.92 bits per heavy atom. The van der Waals surface area contributed by atoms with Gasteiger partial charge < -0.3 is 10.6 Å². The summed E-state index contributed by atoms with van der Waals surface area (Å²) in [5, 5.41) is 6.31. The third-order valence-electron chi connectivity index (χ3n) is 2.66. The van der Waals surface area contributed by atoms with Crippen LogP contribution in [0.1, 0.15) is 25.7 Å². The summed E-state index contributed by atoms with van der Waals surface area (Å²) < 4.78 is 0. The van der Waals surface area contributed by atoms with Gasteiger partial charge in [-0.3, -0.25) is 4.79 Å². The molecule has 3 nitrogen and oxygen atoms in total. The van der Waals surface area contributed by atoms with Crippen LogP contribution in [0, 0.1) is 5.92 Å². The molecule has 1 saturated carbocycles. The molecule has 1 saturated heterocycles. The summed E-state index contributed by atoms with van der Waals surface area (Å²) in [6.45, 7) is 0. The Morgan fingerprint density at radius 1 is 1.33 bits per heavy atom. The van der Waals surface area contributed by atoms with Gasteiger partial charge in [0.2, 0.25) is 5.91 Å². The highest BCUT2D eigenvalue weighted by Crippen LogP contribution is 2.26. The number of hydrogen-bond acceptors (Lipinski definition) is 2. The fourth-order valence-electron chi connectivity index (χ4n) is 2.03. The molecule has 0 aromatic rings. The van der Waals surface area contributed by atoms with Gasteiger partial charge in [-0.2, -0.15) is 0 Å². The first-order valence-electron chi connectivity index (χ1n) is 4.39. The molecule has 1 heterocycles. The predicted octanol–water partition coefficient (Wildman–Crippen LogP) is 0.549. The van der Waals surface area contributed by atoms with Crippen molar-refractivity contribution < 1.29 is 4.79 Å². The summed E-state index contributed by atoms with van der Waals surface area (Å²) in [6, 6.07) is 0.306. The summed E-state index contributed by atoms with van der Waals surface area (Å²) in [6.07, 6.45) is 4.47. The van der Waals surface area contributed by atoms with Gasteiger partial charge >= 0.3 is 0 Å². The molecule has 2 atom stereocenters. The van der Waals surface area contributed by atoms with E-state index in [2.05, 4.69) is 10.6 Å². The topological polar surface area (TPSA) is 41.1 Å². The molecule has 2 fully saturated rings. The van der Waals surface area contributed by atoms with Crippen LogP contribution in [0.2, 0.25) is 0 Å². The molecule has 1 aliphatic heterocycles. The molecule has 66 valence electrons. The number of carbonyl (C=O) groups is 1. The van der Waals surface area contributed by atoms with Crippen molar-refractivity contribution in [1.82, 2.24) is 10.6 Å². The fraction of sp³-hybridized carbons (Fsp3) is 0.750. The second kappa shape index (κ2) is 3.01. The molecule has 2 N–H and O–H groups in total. The van der Waals surface area contributed by atoms with Crippen LogP contribution in [0.3, 0.4) is 0 Å². The highest BCUT2D eigenvalue weighted by molar-refractivity contribution is 7.80. The Labute approximate surface area is 76.9 Å². The lowest BCUT2D eigenvalue weighted by molar-refractivity contribution is -0.126. The fourth-order valence-corrected chi connectivity index (χ4v) is 2.28. The molecular weight excluding hydrogens is 172 g/mol. The maximum absolute atomic E-state index is 11.4. The van der Waals surface area contributed by atoms with E-state index in [9.17, 15) is 4.79 Å². The zero-order valence-corrected chi connectivity index (χ0v) is 7.62. The van der Waals surface area contributed by atoms with E-state index >= 15 is 0 Å². The first kappa shape index (κ1) is 7.98. The number of fused-ring (bicyclic) bond motifs is 1. The van der Waals surface area contributed by atoms with Crippen LogP contribution in [0.25, 0.3) is 0 Å². The van der Waals surface area contributed by atoms with Crippen LogP contribution in [0.15, 0.2) is 0 Å². The van der Waals surface area contributed by atoms with Gasteiger partial charge in [-0.05, 0) is 25.1 Å². The minimum atomic E-state index is 0.114. The van der Waals surface area contributed by atoms with Crippen LogP contribution in [-0.4, -0.2) is 17.1 Å². The Bertz CT molecular complexity index is 229. The highest BCUT2D eigenvalue weighted by atomic mass is 32.1. The first-order valence-corrected chi connectivity index (χ1v) is 4.79. The van der Waals surface area contributed by atoms with Gasteiger partial charge in [-0.25, -0.2) is 0 Å². The number of amides is 1. The van der Waals surface area contributed by atoms with E-state index in [1.54, 1.807) is 0 Å². The van der Waals surface area contributed by atoms with Gasteiger partial charge in [0.15, 0.2) is 5.11 Å². The Hall–Kier alpha value is -0.640. The van der Waals surface area contributed by atoms with E-state index in [0.717, 1.165) is 12.8 Å². The van der Waals surface area contributed by atoms with Crippen LogP contribution in [0.4, 0.5) is 0 Å². The lowest BCUT2D eigenvalue weighted by Gasteiger charge is -2.36. The van der Waals surface area contributed by atoms with Gasteiger partial charge in [0.05, 0.1) is 5.92 Å². The van der Waals surface area contributed by atoms with Crippen LogP contribution >= 0.6 is 12.2 Å². The van der Waals surface area contributed by atoms with Crippen molar-refractivity contribution in [1.29, 1.82) is 0 Å². The number of nitrogens with one attached hydrogen (secondary N) is 2. The Kier molecular flexibility index (Phi) is 2.00. The molecule has 0 radical (unpaired) electrons. The second-order valence-electron chi connectivity index (χ2n) is 3.46. The van der Waals surface area contributed by atoms with E-state index in [-0.39, 0.29) is 11.8 Å². The summed E-state index contributed by atoms with van der Waals surface area (Å²) >= 11 is 4.91. The van der Waals surface area contributed by atoms with Crippen molar-refractivity contribution in [3.63, 3.8) is 0 Å². The van der Waals surface area contributed by atoms with Gasteiger partial charge in [-0.15, -0.1) is 0 Å². The normalized spacial score (nSPS) is 35.0. The Balaban J connectivity index is 2.11. The number of carbonyl (C=O) groups excluding carboxylic acids is 1. The average molecular weight is 184 g/mol. The molecule has 0 bridgehead atoms. The maximum atomic E-state index is 11.4. The molecular formula is C8H12N2OS. The molecule has 1 aliphatic carbocycles. The van der Waals surface area contributed by atoms with Crippen molar-refractivity contribution in [3.05, 3.63) is 0 Å². The van der Waals surface area contributed by atoms with Crippen molar-refractivity contribution >= 4 is 23.2 Å². The summed E-state index contributed by atoms with van der Waals surface area (Å²) in [5.41, 5.74) is 0. The maximum Gasteiger partial charge on any atom is 0.231 e. The molecule has 4 heteroatoms. The molecule has 0 aromatic carbocycles. The zero-order chi connectivity index (χ0) is 8.55. The van der Waals surface area contributed by atoms with Gasteiger partial charge in [-0.1, -0.05) is 12.8 Å². The van der Waals surface area contributed by atoms with E-state index < -0.39 is 0 Å². The minimum absolute atomic E-state index is 0.114. The van der Waals surface area contributed by atoms with E-state index in [1.165, 1.54) is 12.8 Å². The molecule has 0 spiro atoms. The molecule has 0 aromatic heterocycles. The average Bonchev–Trinajstić information content (AvgIpc) is 2.04. The van der Waals surface area contributed by atoms with Crippen molar-refractivity contribution in [3.8, 4) is 0 Å². The standard InChI is InChI=1S/C8H12N2OS/c11-7-5-3-1-2-4-6(5)9-8(12)10-7/h5-6H,1-4H2,(H2,9,10,11,12). The van der Waals surface area contributed by atoms with Crippen molar-refractivity contribution in [2.24, 2.45) is 5.92 Å². The lowest BCUT2D eigenvalue weighted by Crippen LogP contribution is -2.58. The number of thiocarbonyl (C=S) groups is 1. The van der Waals surface area contributed by atoms with Gasteiger partial charge in [0.25, 0.3) is 0 Å². The minimum Gasteiger partial charge on any atom is -0.359 e. The van der Waals surface area contributed by atoms with E-state index in [4.69, 9.17) is 12.2 Å². The number of rotatable bonds is 0. The summed E-state index contributed by atoms with van der Waals surface area (Å²) in [4.78, 5) is 11.4. The summed E-state index contributed by atoms with van der Waals surface area (Å²) in [7, 11) is 0. The van der Waals surface area contributed by atoms with Crippen LogP contribution < -0.4 is 10.6 Å². The quantitative estimate of drug-likeness (QED) is 0.540. The zero-order valence-electron chi connectivity index (χ0n) is 6.80. The SMILES string of the molecule is O=C1NC(=S)NC2CCCCC12. The van der Waals surface area contributed by atoms with Crippen molar-refractivity contribution in [2.75, 3.05) is 0 Å². The molecule has 2 unspecified atom stereocenters. The smallest absolute Gasteiger partial charge is 0.231 e. The first-order chi connectivity index (χ1) is 5.77. The Morgan fingerprint density at radius 2 is 2.08 bits per heavy atom. The van der Waals surface area contributed by atoms with E-state index in [0.29, 0.717) is 11.2 Å². The van der Waals surface area contributed by atoms with Gasteiger partial charge in [0.1, 0.15) is 0 Å². The predicted molar refractivity (Wildman–Crippen MR) is 49.6 cm³/mol. The molecule has 2 aliphatic rings. The van der Waals surface area contributed by atoms with Crippen LogP contribution in [-0.2, 0) is 4.79 Å². The molecule has 12 heavy (non-hydrogen) atoms. The monoisotopic (exact) mass is 184 g/mol. The largest absolute Gasteiger partial charge is 0.359 e. The second-order valence-corrected chi connectivity index (χ2v) is 3.87. The summed E-state index contributed by atoms with van der Waals surface area (Å²) in [5.74, 6) is 0.272.